The van der Waals surface area contributed by atoms with Crippen LogP contribution in [-0.4, -0.2) is 6.54 Å². The van der Waals surface area contributed by atoms with Gasteiger partial charge in [0.1, 0.15) is 0 Å². The van der Waals surface area contributed by atoms with E-state index < -0.39 is 23.0 Å². The Kier molecular flexibility index (Phi) is 2.88. The third-order valence-electron chi connectivity index (χ3n) is 1.93. The fraction of sp³-hybridized carbons (Fsp3) is 0.333. The Labute approximate surface area is 79.9 Å². The summed E-state index contributed by atoms with van der Waals surface area (Å²) in [6.45, 7) is 3.15. The molecule has 5 heteroatoms. The number of nitrogen functional groups attached to an aromatic ring is 1. The van der Waals surface area contributed by atoms with Crippen LogP contribution < -0.4 is 11.1 Å². The molecule has 0 unspecified atom stereocenters. The van der Waals surface area contributed by atoms with Crippen LogP contribution in [0.15, 0.2) is 0 Å². The standard InChI is InChI=1S/C9H11F3N2/c1-3-14-9-7(12)5(10)4(2)6(11)8(9)13/h14H,3,13H2,1-2H3. The smallest absolute Gasteiger partial charge is 0.184 e. The molecule has 0 saturated heterocycles. The number of hydrogen-bond donors (Lipinski definition) is 2. The average molecular weight is 204 g/mol. The average Bonchev–Trinajstić information content (AvgIpc) is 2.19. The number of nitrogens with two attached hydrogens (primary N) is 1. The lowest BCUT2D eigenvalue weighted by Gasteiger charge is -2.12. The van der Waals surface area contributed by atoms with Crippen LogP contribution in [0.1, 0.15) is 12.5 Å². The largest absolute Gasteiger partial charge is 0.395 e. The van der Waals surface area contributed by atoms with Crippen molar-refractivity contribution in [1.29, 1.82) is 0 Å². The molecule has 3 N–H and O–H groups in total. The van der Waals surface area contributed by atoms with Gasteiger partial charge in [-0.25, -0.2) is 13.2 Å². The topological polar surface area (TPSA) is 38.0 Å². The third-order valence-corrected chi connectivity index (χ3v) is 1.93. The Morgan fingerprint density at radius 2 is 1.71 bits per heavy atom. The maximum Gasteiger partial charge on any atom is 0.184 e. The van der Waals surface area contributed by atoms with Crippen LogP contribution in [-0.2, 0) is 0 Å². The van der Waals surface area contributed by atoms with Crippen LogP contribution in [0.5, 0.6) is 0 Å². The fourth-order valence-electron chi connectivity index (χ4n) is 1.15. The summed E-state index contributed by atoms with van der Waals surface area (Å²) in [7, 11) is 0. The highest BCUT2D eigenvalue weighted by Gasteiger charge is 2.20. The summed E-state index contributed by atoms with van der Waals surface area (Å²) in [4.78, 5) is 0. The highest BCUT2D eigenvalue weighted by molar-refractivity contribution is 5.69. The van der Waals surface area contributed by atoms with Crippen LogP contribution in [0.4, 0.5) is 24.5 Å². The minimum absolute atomic E-state index is 0.312. The quantitative estimate of drug-likeness (QED) is 0.573. The number of benzene rings is 1. The van der Waals surface area contributed by atoms with Crippen molar-refractivity contribution in [2.45, 2.75) is 13.8 Å². The summed E-state index contributed by atoms with van der Waals surface area (Å²) >= 11 is 0. The summed E-state index contributed by atoms with van der Waals surface area (Å²) in [5.74, 6) is -3.25. The molecule has 0 aliphatic heterocycles. The maximum absolute atomic E-state index is 13.2. The molecule has 0 heterocycles. The first-order chi connectivity index (χ1) is 6.50. The molecule has 1 aromatic rings. The molecule has 1 rings (SSSR count). The van der Waals surface area contributed by atoms with Crippen molar-refractivity contribution in [2.75, 3.05) is 17.6 Å². The fourth-order valence-corrected chi connectivity index (χ4v) is 1.15. The molecule has 0 fully saturated rings. The SMILES string of the molecule is CCNc1c(N)c(F)c(C)c(F)c1F. The van der Waals surface area contributed by atoms with E-state index in [9.17, 15) is 13.2 Å². The molecule has 78 valence electrons. The van der Waals surface area contributed by atoms with Crippen LogP contribution in [0.2, 0.25) is 0 Å². The Morgan fingerprint density at radius 3 is 2.21 bits per heavy atom. The van der Waals surface area contributed by atoms with E-state index >= 15 is 0 Å². The minimum Gasteiger partial charge on any atom is -0.395 e. The highest BCUT2D eigenvalue weighted by atomic mass is 19.2. The summed E-state index contributed by atoms with van der Waals surface area (Å²) in [5, 5.41) is 2.47. The molecule has 1 aromatic carbocycles. The van der Waals surface area contributed by atoms with Crippen LogP contribution in [0.25, 0.3) is 0 Å². The monoisotopic (exact) mass is 204 g/mol. The molecule has 0 aromatic heterocycles. The molecule has 0 atom stereocenters. The van der Waals surface area contributed by atoms with Gasteiger partial charge in [0.2, 0.25) is 0 Å². The zero-order chi connectivity index (χ0) is 10.9. The van der Waals surface area contributed by atoms with Gasteiger partial charge in [0.05, 0.1) is 11.4 Å². The Bertz CT molecular complexity index is 335. The second kappa shape index (κ2) is 3.77. The summed E-state index contributed by atoms with van der Waals surface area (Å²) in [5.41, 5.74) is 4.20. The summed E-state index contributed by atoms with van der Waals surface area (Å²) < 4.78 is 39.4. The Hall–Kier alpha value is -1.39. The van der Waals surface area contributed by atoms with Gasteiger partial charge in [-0.1, -0.05) is 0 Å². The van der Waals surface area contributed by atoms with E-state index in [0.717, 1.165) is 6.92 Å². The minimum atomic E-state index is -1.20. The number of nitrogens with one attached hydrogen (secondary N) is 1. The molecule has 0 amide bonds. The van der Waals surface area contributed by atoms with E-state index in [-0.39, 0.29) is 11.4 Å². The lowest BCUT2D eigenvalue weighted by molar-refractivity contribution is 0.490. The zero-order valence-electron chi connectivity index (χ0n) is 7.92. The highest BCUT2D eigenvalue weighted by Crippen LogP contribution is 2.30. The van der Waals surface area contributed by atoms with E-state index in [1.165, 1.54) is 0 Å². The van der Waals surface area contributed by atoms with Crippen molar-refractivity contribution in [1.82, 2.24) is 0 Å². The first-order valence-corrected chi connectivity index (χ1v) is 4.17. The van der Waals surface area contributed by atoms with Gasteiger partial charge in [-0.15, -0.1) is 0 Å². The third kappa shape index (κ3) is 1.49. The second-order valence-corrected chi connectivity index (χ2v) is 2.89. The van der Waals surface area contributed by atoms with Gasteiger partial charge < -0.3 is 11.1 Å². The Morgan fingerprint density at radius 1 is 1.14 bits per heavy atom. The molecular weight excluding hydrogens is 193 g/mol. The van der Waals surface area contributed by atoms with Crippen LogP contribution in [0, 0.1) is 24.4 Å². The van der Waals surface area contributed by atoms with Gasteiger partial charge in [-0.05, 0) is 13.8 Å². The van der Waals surface area contributed by atoms with E-state index in [4.69, 9.17) is 5.73 Å². The first kappa shape index (κ1) is 10.7. The van der Waals surface area contributed by atoms with Crippen molar-refractivity contribution in [3.05, 3.63) is 23.0 Å². The molecule has 14 heavy (non-hydrogen) atoms. The van der Waals surface area contributed by atoms with Crippen LogP contribution in [0.3, 0.4) is 0 Å². The van der Waals surface area contributed by atoms with Crippen molar-refractivity contribution >= 4 is 11.4 Å². The van der Waals surface area contributed by atoms with Gasteiger partial charge in [-0.3, -0.25) is 0 Å². The van der Waals surface area contributed by atoms with Gasteiger partial charge >= 0.3 is 0 Å². The van der Waals surface area contributed by atoms with Gasteiger partial charge in [-0.2, -0.15) is 0 Å². The van der Waals surface area contributed by atoms with E-state index in [1.807, 2.05) is 0 Å². The van der Waals surface area contributed by atoms with Crippen LogP contribution >= 0.6 is 0 Å². The second-order valence-electron chi connectivity index (χ2n) is 2.89. The van der Waals surface area contributed by atoms with Crippen molar-refractivity contribution in [3.63, 3.8) is 0 Å². The summed E-state index contributed by atoms with van der Waals surface area (Å²) in [6, 6.07) is 0. The number of halogens is 3. The van der Waals surface area contributed by atoms with Crippen molar-refractivity contribution in [2.24, 2.45) is 0 Å². The van der Waals surface area contributed by atoms with Crippen molar-refractivity contribution in [3.8, 4) is 0 Å². The first-order valence-electron chi connectivity index (χ1n) is 4.17. The molecule has 0 aliphatic rings. The van der Waals surface area contributed by atoms with E-state index in [0.29, 0.717) is 6.54 Å². The van der Waals surface area contributed by atoms with E-state index in [1.54, 1.807) is 6.92 Å². The predicted octanol–water partition coefficient (Wildman–Crippen LogP) is 2.43. The summed E-state index contributed by atoms with van der Waals surface area (Å²) in [6.07, 6.45) is 0. The number of rotatable bonds is 2. The van der Waals surface area contributed by atoms with Gasteiger partial charge in [0.25, 0.3) is 0 Å². The predicted molar refractivity (Wildman–Crippen MR) is 49.6 cm³/mol. The van der Waals surface area contributed by atoms with Gasteiger partial charge in [0.15, 0.2) is 17.5 Å². The lowest BCUT2D eigenvalue weighted by Crippen LogP contribution is -2.09. The molecular formula is C9H11F3N2. The molecule has 0 aliphatic carbocycles. The van der Waals surface area contributed by atoms with Crippen molar-refractivity contribution < 1.29 is 13.2 Å². The number of hydrogen-bond acceptors (Lipinski definition) is 2. The lowest BCUT2D eigenvalue weighted by atomic mass is 10.1. The molecule has 2 nitrogen and oxygen atoms in total. The maximum atomic E-state index is 13.2. The molecule has 0 saturated carbocycles. The molecule has 0 spiro atoms. The molecule has 0 bridgehead atoms. The molecule has 0 radical (unpaired) electrons. The Balaban J connectivity index is 3.43. The number of anilines is 2. The zero-order valence-corrected chi connectivity index (χ0v) is 7.92. The van der Waals surface area contributed by atoms with E-state index in [2.05, 4.69) is 5.32 Å². The normalized spacial score (nSPS) is 10.4. The van der Waals surface area contributed by atoms with Gasteiger partial charge in [0, 0.05) is 12.1 Å².